The average Bonchev–Trinajstić information content (AvgIpc) is 2.73. The number of nitrogens with zero attached hydrogens (tertiary/aromatic N) is 1. The second kappa shape index (κ2) is 8.87. The highest BCUT2D eigenvalue weighted by molar-refractivity contribution is 5.94. The van der Waals surface area contributed by atoms with Gasteiger partial charge in [-0.15, -0.1) is 0 Å². The van der Waals surface area contributed by atoms with Crippen molar-refractivity contribution in [2.24, 2.45) is 11.3 Å². The molecule has 1 aliphatic heterocycles. The third-order valence-electron chi connectivity index (χ3n) is 6.58. The van der Waals surface area contributed by atoms with Gasteiger partial charge in [-0.05, 0) is 44.2 Å². The maximum Gasteiger partial charge on any atom is 0.253 e. The number of aliphatic hydroxyl groups is 1. The lowest BCUT2D eigenvalue weighted by molar-refractivity contribution is -0.134. The summed E-state index contributed by atoms with van der Waals surface area (Å²) in [5, 5.41) is 13.2. The maximum atomic E-state index is 13.0. The number of hydrogen-bond acceptors (Lipinski definition) is 3. The molecule has 0 bridgehead atoms. The molecule has 0 aromatic heterocycles. The van der Waals surface area contributed by atoms with Crippen LogP contribution < -0.4 is 5.32 Å². The van der Waals surface area contributed by atoms with Crippen LogP contribution in [0.2, 0.25) is 0 Å². The number of nitrogens with one attached hydrogen (secondary N) is 1. The summed E-state index contributed by atoms with van der Waals surface area (Å²) in [7, 11) is 0. The van der Waals surface area contributed by atoms with Gasteiger partial charge in [0, 0.05) is 31.1 Å². The van der Waals surface area contributed by atoms with E-state index in [4.69, 9.17) is 0 Å². The Kier molecular flexibility index (Phi) is 6.53. The smallest absolute Gasteiger partial charge is 0.253 e. The molecule has 1 aliphatic carbocycles. The Morgan fingerprint density at radius 2 is 1.81 bits per heavy atom. The van der Waals surface area contributed by atoms with E-state index in [9.17, 15) is 14.7 Å². The van der Waals surface area contributed by atoms with Crippen LogP contribution in [0.3, 0.4) is 0 Å². The van der Waals surface area contributed by atoms with Gasteiger partial charge in [-0.2, -0.15) is 0 Å². The first-order valence-electron chi connectivity index (χ1n) is 10.4. The quantitative estimate of drug-likeness (QED) is 0.835. The summed E-state index contributed by atoms with van der Waals surface area (Å²) in [6.07, 6.45) is 5.92. The minimum Gasteiger partial charge on any atom is -0.393 e. The zero-order valence-corrected chi connectivity index (χ0v) is 16.3. The van der Waals surface area contributed by atoms with Crippen LogP contribution in [0.25, 0.3) is 0 Å². The summed E-state index contributed by atoms with van der Waals surface area (Å²) in [5.74, 6) is 0.317. The summed E-state index contributed by atoms with van der Waals surface area (Å²) in [6, 6.07) is 9.34. The number of aliphatic hydroxyl groups excluding tert-OH is 1. The first-order valence-corrected chi connectivity index (χ1v) is 10.4. The lowest BCUT2D eigenvalue weighted by Gasteiger charge is -2.40. The van der Waals surface area contributed by atoms with E-state index in [0.29, 0.717) is 38.0 Å². The molecule has 2 N–H and O–H groups in total. The molecular weight excluding hydrogens is 340 g/mol. The van der Waals surface area contributed by atoms with E-state index >= 15 is 0 Å². The number of carbonyl (C=O) groups excluding carboxylic acids is 2. The summed E-state index contributed by atoms with van der Waals surface area (Å²) < 4.78 is 0. The van der Waals surface area contributed by atoms with Gasteiger partial charge in [0.1, 0.15) is 0 Å². The van der Waals surface area contributed by atoms with Crippen LogP contribution in [0, 0.1) is 11.3 Å². The van der Waals surface area contributed by atoms with Crippen LogP contribution in [0.4, 0.5) is 0 Å². The topological polar surface area (TPSA) is 69.6 Å². The minimum atomic E-state index is -0.396. The van der Waals surface area contributed by atoms with Gasteiger partial charge < -0.3 is 15.3 Å². The number of carbonyl (C=O) groups is 2. The zero-order chi connectivity index (χ0) is 19.3. The molecule has 5 nitrogen and oxygen atoms in total. The van der Waals surface area contributed by atoms with E-state index in [1.165, 1.54) is 0 Å². The van der Waals surface area contributed by atoms with Gasteiger partial charge in [-0.25, -0.2) is 0 Å². The van der Waals surface area contributed by atoms with Gasteiger partial charge in [0.25, 0.3) is 5.91 Å². The minimum absolute atomic E-state index is 0.0473. The van der Waals surface area contributed by atoms with Crippen molar-refractivity contribution in [3.63, 3.8) is 0 Å². The van der Waals surface area contributed by atoms with Crippen LogP contribution >= 0.6 is 0 Å². The molecule has 1 saturated carbocycles. The molecule has 2 unspecified atom stereocenters. The van der Waals surface area contributed by atoms with Crippen molar-refractivity contribution in [3.05, 3.63) is 35.9 Å². The fourth-order valence-corrected chi connectivity index (χ4v) is 4.48. The Morgan fingerprint density at radius 3 is 2.44 bits per heavy atom. The number of rotatable bonds is 5. The highest BCUT2D eigenvalue weighted by Gasteiger charge is 2.41. The molecule has 1 saturated heterocycles. The molecular formula is C22H32N2O3. The third-order valence-corrected chi connectivity index (χ3v) is 6.58. The highest BCUT2D eigenvalue weighted by atomic mass is 16.3. The molecule has 1 aromatic rings. The average molecular weight is 373 g/mol. The SMILES string of the molecule is CCC1(C(=O)NCC2CCCCC2O)CCN(C(=O)c2ccccc2)CC1. The van der Waals surface area contributed by atoms with Crippen molar-refractivity contribution in [1.29, 1.82) is 0 Å². The Labute approximate surface area is 162 Å². The van der Waals surface area contributed by atoms with Crippen molar-refractivity contribution in [2.75, 3.05) is 19.6 Å². The van der Waals surface area contributed by atoms with Crippen molar-refractivity contribution < 1.29 is 14.7 Å². The lowest BCUT2D eigenvalue weighted by Crippen LogP contribution is -2.51. The Morgan fingerprint density at radius 1 is 1.15 bits per heavy atom. The van der Waals surface area contributed by atoms with Crippen molar-refractivity contribution in [1.82, 2.24) is 10.2 Å². The van der Waals surface area contributed by atoms with E-state index in [0.717, 1.165) is 32.1 Å². The van der Waals surface area contributed by atoms with Crippen molar-refractivity contribution in [3.8, 4) is 0 Å². The summed E-state index contributed by atoms with van der Waals surface area (Å²) in [4.78, 5) is 27.4. The van der Waals surface area contributed by atoms with E-state index < -0.39 is 5.41 Å². The molecule has 2 amide bonds. The van der Waals surface area contributed by atoms with E-state index in [1.54, 1.807) is 0 Å². The van der Waals surface area contributed by atoms with E-state index in [1.807, 2.05) is 35.2 Å². The lowest BCUT2D eigenvalue weighted by atomic mass is 9.75. The molecule has 0 spiro atoms. The number of benzene rings is 1. The van der Waals surface area contributed by atoms with Crippen LogP contribution in [0.15, 0.2) is 30.3 Å². The van der Waals surface area contributed by atoms with Crippen LogP contribution in [-0.2, 0) is 4.79 Å². The molecule has 2 fully saturated rings. The third kappa shape index (κ3) is 4.52. The van der Waals surface area contributed by atoms with Gasteiger partial charge >= 0.3 is 0 Å². The van der Waals surface area contributed by atoms with Crippen LogP contribution in [0.5, 0.6) is 0 Å². The van der Waals surface area contributed by atoms with E-state index in [2.05, 4.69) is 12.2 Å². The van der Waals surface area contributed by atoms with Crippen molar-refractivity contribution in [2.45, 2.75) is 58.0 Å². The Hall–Kier alpha value is -1.88. The standard InChI is InChI=1S/C22H32N2O3/c1-2-22(21(27)23-16-18-10-6-7-11-19(18)25)12-14-24(15-13-22)20(26)17-8-4-3-5-9-17/h3-5,8-9,18-19,25H,2,6-7,10-16H2,1H3,(H,23,27). The van der Waals surface area contributed by atoms with E-state index in [-0.39, 0.29) is 23.8 Å². The second-order valence-electron chi connectivity index (χ2n) is 8.11. The Balaban J connectivity index is 1.55. The molecule has 27 heavy (non-hydrogen) atoms. The van der Waals surface area contributed by atoms with Crippen LogP contribution in [0.1, 0.15) is 62.2 Å². The number of likely N-dealkylation sites (tertiary alicyclic amines) is 1. The predicted octanol–water partition coefficient (Wildman–Crippen LogP) is 2.99. The number of hydrogen-bond donors (Lipinski definition) is 2. The van der Waals surface area contributed by atoms with Gasteiger partial charge in [-0.3, -0.25) is 9.59 Å². The first-order chi connectivity index (χ1) is 13.1. The van der Waals surface area contributed by atoms with Gasteiger partial charge in [0.05, 0.1) is 11.5 Å². The fraction of sp³-hybridized carbons (Fsp3) is 0.636. The molecule has 148 valence electrons. The molecule has 3 rings (SSSR count). The monoisotopic (exact) mass is 372 g/mol. The Bertz CT molecular complexity index is 638. The summed E-state index contributed by atoms with van der Waals surface area (Å²) >= 11 is 0. The molecule has 1 heterocycles. The first kappa shape index (κ1) is 19.9. The normalized spacial score (nSPS) is 25.0. The van der Waals surface area contributed by atoms with Gasteiger partial charge in [0.15, 0.2) is 0 Å². The van der Waals surface area contributed by atoms with Crippen molar-refractivity contribution >= 4 is 11.8 Å². The van der Waals surface area contributed by atoms with Crippen LogP contribution in [-0.4, -0.2) is 47.6 Å². The number of amides is 2. The molecule has 2 atom stereocenters. The molecule has 2 aliphatic rings. The predicted molar refractivity (Wildman–Crippen MR) is 105 cm³/mol. The second-order valence-corrected chi connectivity index (χ2v) is 8.11. The number of piperidine rings is 1. The van der Waals surface area contributed by atoms with Gasteiger partial charge in [0.2, 0.25) is 5.91 Å². The molecule has 5 heteroatoms. The summed E-state index contributed by atoms with van der Waals surface area (Å²) in [5.41, 5.74) is 0.310. The fourth-order valence-electron chi connectivity index (χ4n) is 4.48. The molecule has 0 radical (unpaired) electrons. The summed E-state index contributed by atoms with van der Waals surface area (Å²) in [6.45, 7) is 3.85. The largest absolute Gasteiger partial charge is 0.393 e. The van der Waals surface area contributed by atoms with Gasteiger partial charge in [-0.1, -0.05) is 38.0 Å². The highest BCUT2D eigenvalue weighted by Crippen LogP contribution is 2.36. The zero-order valence-electron chi connectivity index (χ0n) is 16.3. The maximum absolute atomic E-state index is 13.0. The molecule has 1 aromatic carbocycles.